The number of nitrogens with one attached hydrogen (secondary N) is 1. The van der Waals surface area contributed by atoms with Crippen molar-refractivity contribution in [2.45, 2.75) is 52.1 Å². The van der Waals surface area contributed by atoms with Crippen molar-refractivity contribution in [1.82, 2.24) is 10.2 Å². The van der Waals surface area contributed by atoms with Crippen LogP contribution in [0.1, 0.15) is 44.2 Å². The van der Waals surface area contributed by atoms with Crippen molar-refractivity contribution in [3.8, 4) is 5.75 Å². The molecule has 0 fully saturated rings. The molecule has 0 spiro atoms. The number of benzene rings is 2. The van der Waals surface area contributed by atoms with E-state index in [0.717, 1.165) is 29.7 Å². The van der Waals surface area contributed by atoms with E-state index in [1.807, 2.05) is 68.4 Å². The van der Waals surface area contributed by atoms with Crippen LogP contribution >= 0.6 is 0 Å². The van der Waals surface area contributed by atoms with Gasteiger partial charge in [-0.2, -0.15) is 0 Å². The van der Waals surface area contributed by atoms with Crippen molar-refractivity contribution >= 4 is 11.8 Å². The number of ether oxygens (including phenoxy) is 1. The Morgan fingerprint density at radius 2 is 1.72 bits per heavy atom. The molecule has 0 saturated carbocycles. The molecule has 1 atom stereocenters. The van der Waals surface area contributed by atoms with Gasteiger partial charge in [-0.15, -0.1) is 0 Å². The van der Waals surface area contributed by atoms with E-state index < -0.39 is 6.04 Å². The summed E-state index contributed by atoms with van der Waals surface area (Å²) in [6.07, 6.45) is 2.48. The van der Waals surface area contributed by atoms with E-state index in [0.29, 0.717) is 25.9 Å². The van der Waals surface area contributed by atoms with Crippen molar-refractivity contribution in [3.05, 3.63) is 65.7 Å². The van der Waals surface area contributed by atoms with E-state index in [1.165, 1.54) is 0 Å². The quantitative estimate of drug-likeness (QED) is 0.625. The highest BCUT2D eigenvalue weighted by molar-refractivity contribution is 5.88. The third-order valence-electron chi connectivity index (χ3n) is 4.77. The lowest BCUT2D eigenvalue weighted by Crippen LogP contribution is -2.50. The molecule has 0 bridgehead atoms. The molecule has 0 saturated heterocycles. The maximum Gasteiger partial charge on any atom is 0.243 e. The molecule has 0 aliphatic rings. The van der Waals surface area contributed by atoms with Gasteiger partial charge in [0.1, 0.15) is 11.8 Å². The molecule has 5 heteroatoms. The SMILES string of the molecule is CCCNC(=O)C(Cc1ccccc1)N(Cc1cccc(OC)c1)C(=O)CCC. The molecule has 156 valence electrons. The van der Waals surface area contributed by atoms with Gasteiger partial charge in [-0.25, -0.2) is 0 Å². The maximum absolute atomic E-state index is 13.0. The number of rotatable bonds is 11. The molecule has 2 rings (SSSR count). The van der Waals surface area contributed by atoms with Crippen LogP contribution < -0.4 is 10.1 Å². The lowest BCUT2D eigenvalue weighted by Gasteiger charge is -2.31. The Kier molecular flexibility index (Phi) is 9.22. The van der Waals surface area contributed by atoms with E-state index >= 15 is 0 Å². The number of carbonyl (C=O) groups excluding carboxylic acids is 2. The zero-order valence-electron chi connectivity index (χ0n) is 17.7. The second-order valence-corrected chi connectivity index (χ2v) is 7.12. The summed E-state index contributed by atoms with van der Waals surface area (Å²) in [5, 5.41) is 2.98. The van der Waals surface area contributed by atoms with Crippen LogP contribution in [-0.2, 0) is 22.6 Å². The summed E-state index contributed by atoms with van der Waals surface area (Å²) < 4.78 is 5.32. The summed E-state index contributed by atoms with van der Waals surface area (Å²) in [5.74, 6) is 0.617. The fourth-order valence-corrected chi connectivity index (χ4v) is 3.24. The normalized spacial score (nSPS) is 11.6. The molecule has 2 aromatic rings. The van der Waals surface area contributed by atoms with Crippen molar-refractivity contribution in [1.29, 1.82) is 0 Å². The van der Waals surface area contributed by atoms with E-state index in [9.17, 15) is 9.59 Å². The van der Waals surface area contributed by atoms with Gasteiger partial charge in [0.05, 0.1) is 7.11 Å². The molecule has 1 unspecified atom stereocenters. The molecule has 2 amide bonds. The standard InChI is InChI=1S/C24H32N2O3/c1-4-10-23(27)26(18-20-13-9-14-21(16-20)29-3)22(24(28)25-15-5-2)17-19-11-7-6-8-12-19/h6-9,11-14,16,22H,4-5,10,15,17-18H2,1-3H3,(H,25,28). The Balaban J connectivity index is 2.35. The molecule has 1 N–H and O–H groups in total. The van der Waals surface area contributed by atoms with Gasteiger partial charge in [-0.3, -0.25) is 9.59 Å². The average molecular weight is 397 g/mol. The minimum Gasteiger partial charge on any atom is -0.497 e. The third kappa shape index (κ3) is 6.93. The molecule has 29 heavy (non-hydrogen) atoms. The van der Waals surface area contributed by atoms with Crippen LogP contribution in [0.4, 0.5) is 0 Å². The molecular weight excluding hydrogens is 364 g/mol. The van der Waals surface area contributed by atoms with Crippen LogP contribution in [0.25, 0.3) is 0 Å². The van der Waals surface area contributed by atoms with Gasteiger partial charge < -0.3 is 15.0 Å². The molecule has 5 nitrogen and oxygen atoms in total. The molecule has 0 aromatic heterocycles. The summed E-state index contributed by atoms with van der Waals surface area (Å²) in [4.78, 5) is 27.8. The smallest absolute Gasteiger partial charge is 0.243 e. The fourth-order valence-electron chi connectivity index (χ4n) is 3.24. The predicted octanol–water partition coefficient (Wildman–Crippen LogP) is 3.96. The van der Waals surface area contributed by atoms with E-state index in [2.05, 4.69) is 5.32 Å². The predicted molar refractivity (Wildman–Crippen MR) is 116 cm³/mol. The van der Waals surface area contributed by atoms with Crippen LogP contribution in [0.15, 0.2) is 54.6 Å². The molecule has 2 aromatic carbocycles. The lowest BCUT2D eigenvalue weighted by atomic mass is 10.0. The molecular formula is C24H32N2O3. The highest BCUT2D eigenvalue weighted by Gasteiger charge is 2.29. The Hall–Kier alpha value is -2.82. The number of amides is 2. The zero-order chi connectivity index (χ0) is 21.1. The number of nitrogens with zero attached hydrogens (tertiary/aromatic N) is 1. The molecule has 0 heterocycles. The minimum atomic E-state index is -0.561. The summed E-state index contributed by atoms with van der Waals surface area (Å²) in [6.45, 7) is 4.96. The van der Waals surface area contributed by atoms with Gasteiger partial charge in [-0.1, -0.05) is 56.3 Å². The molecule has 0 aliphatic carbocycles. The number of carbonyl (C=O) groups is 2. The second kappa shape index (κ2) is 11.9. The van der Waals surface area contributed by atoms with E-state index in [-0.39, 0.29) is 11.8 Å². The van der Waals surface area contributed by atoms with Crippen molar-refractivity contribution in [2.75, 3.05) is 13.7 Å². The number of hydrogen-bond donors (Lipinski definition) is 1. The van der Waals surface area contributed by atoms with Crippen LogP contribution in [0.3, 0.4) is 0 Å². The van der Waals surface area contributed by atoms with E-state index in [1.54, 1.807) is 12.0 Å². The van der Waals surface area contributed by atoms with Crippen molar-refractivity contribution in [3.63, 3.8) is 0 Å². The second-order valence-electron chi connectivity index (χ2n) is 7.12. The topological polar surface area (TPSA) is 58.6 Å². The first-order valence-corrected chi connectivity index (χ1v) is 10.3. The highest BCUT2D eigenvalue weighted by Crippen LogP contribution is 2.19. The van der Waals surface area contributed by atoms with Gasteiger partial charge in [0.2, 0.25) is 11.8 Å². The van der Waals surface area contributed by atoms with Crippen LogP contribution in [0.5, 0.6) is 5.75 Å². The number of methoxy groups -OCH3 is 1. The highest BCUT2D eigenvalue weighted by atomic mass is 16.5. The Morgan fingerprint density at radius 3 is 2.38 bits per heavy atom. The van der Waals surface area contributed by atoms with Crippen molar-refractivity contribution in [2.24, 2.45) is 0 Å². The summed E-state index contributed by atoms with van der Waals surface area (Å²) in [6, 6.07) is 16.9. The number of hydrogen-bond acceptors (Lipinski definition) is 3. The van der Waals surface area contributed by atoms with Gasteiger partial charge in [-0.05, 0) is 36.1 Å². The van der Waals surface area contributed by atoms with Gasteiger partial charge in [0.15, 0.2) is 0 Å². The zero-order valence-corrected chi connectivity index (χ0v) is 17.7. The minimum absolute atomic E-state index is 0.0112. The monoisotopic (exact) mass is 396 g/mol. The van der Waals surface area contributed by atoms with Crippen LogP contribution in [0.2, 0.25) is 0 Å². The Bertz CT molecular complexity index is 777. The Labute approximate surface area is 174 Å². The fraction of sp³-hybridized carbons (Fsp3) is 0.417. The lowest BCUT2D eigenvalue weighted by molar-refractivity contribution is -0.141. The summed E-state index contributed by atoms with van der Waals surface area (Å²) in [7, 11) is 1.62. The van der Waals surface area contributed by atoms with Crippen molar-refractivity contribution < 1.29 is 14.3 Å². The average Bonchev–Trinajstić information content (AvgIpc) is 2.75. The largest absolute Gasteiger partial charge is 0.497 e. The third-order valence-corrected chi connectivity index (χ3v) is 4.77. The van der Waals surface area contributed by atoms with E-state index in [4.69, 9.17) is 4.74 Å². The first-order chi connectivity index (χ1) is 14.1. The maximum atomic E-state index is 13.0. The van der Waals surface area contributed by atoms with Gasteiger partial charge in [0.25, 0.3) is 0 Å². The first-order valence-electron chi connectivity index (χ1n) is 10.3. The molecule has 0 radical (unpaired) electrons. The Morgan fingerprint density at radius 1 is 1.00 bits per heavy atom. The van der Waals surface area contributed by atoms with Gasteiger partial charge >= 0.3 is 0 Å². The van der Waals surface area contributed by atoms with Crippen LogP contribution in [-0.4, -0.2) is 36.4 Å². The van der Waals surface area contributed by atoms with Gasteiger partial charge in [0, 0.05) is 25.9 Å². The summed E-state index contributed by atoms with van der Waals surface area (Å²) >= 11 is 0. The van der Waals surface area contributed by atoms with Crippen LogP contribution in [0, 0.1) is 0 Å². The molecule has 0 aliphatic heterocycles. The summed E-state index contributed by atoms with van der Waals surface area (Å²) in [5.41, 5.74) is 1.97. The first kappa shape index (κ1) is 22.5.